The first-order chi connectivity index (χ1) is 12.9. The van der Waals surface area contributed by atoms with Gasteiger partial charge in [0, 0.05) is 15.7 Å². The number of aryl methyl sites for hydroxylation is 1. The number of rotatable bonds is 5. The van der Waals surface area contributed by atoms with E-state index >= 15 is 0 Å². The van der Waals surface area contributed by atoms with Crippen molar-refractivity contribution in [3.8, 4) is 0 Å². The van der Waals surface area contributed by atoms with Crippen LogP contribution in [0.15, 0.2) is 58.5 Å². The average molecular weight is 421 g/mol. The van der Waals surface area contributed by atoms with Gasteiger partial charge in [0.05, 0.1) is 0 Å². The van der Waals surface area contributed by atoms with Crippen molar-refractivity contribution in [3.63, 3.8) is 0 Å². The second-order valence-electron chi connectivity index (χ2n) is 5.60. The predicted molar refractivity (Wildman–Crippen MR) is 108 cm³/mol. The van der Waals surface area contributed by atoms with Gasteiger partial charge in [-0.1, -0.05) is 65.3 Å². The van der Waals surface area contributed by atoms with E-state index in [0.29, 0.717) is 15.7 Å². The number of thioether (sulfide) groups is 1. The van der Waals surface area contributed by atoms with Crippen molar-refractivity contribution in [2.24, 2.45) is 0 Å². The van der Waals surface area contributed by atoms with E-state index in [2.05, 4.69) is 20.5 Å². The number of amides is 1. The van der Waals surface area contributed by atoms with Crippen molar-refractivity contribution in [2.45, 2.75) is 17.3 Å². The van der Waals surface area contributed by atoms with Gasteiger partial charge < -0.3 is 5.32 Å². The maximum Gasteiger partial charge on any atom is 0.273 e. The molecular formula is C18H14Cl2N4O2S. The number of carbonyl (C=O) groups excluding carboxylic acids is 1. The molecule has 0 spiro atoms. The Morgan fingerprint density at radius 2 is 1.78 bits per heavy atom. The minimum Gasteiger partial charge on any atom is -0.325 e. The minimum atomic E-state index is -0.670. The second kappa shape index (κ2) is 8.56. The number of nitrogens with zero attached hydrogens (tertiary/aromatic N) is 2. The maximum absolute atomic E-state index is 12.9. The number of halogens is 2. The van der Waals surface area contributed by atoms with Crippen LogP contribution >= 0.6 is 35.0 Å². The lowest BCUT2D eigenvalue weighted by molar-refractivity contribution is -0.115. The third kappa shape index (κ3) is 5.09. The van der Waals surface area contributed by atoms with Crippen LogP contribution < -0.4 is 10.9 Å². The molecular weight excluding hydrogens is 407 g/mol. The Balaban J connectivity index is 1.90. The van der Waals surface area contributed by atoms with Gasteiger partial charge in [-0.05, 0) is 30.7 Å². The lowest BCUT2D eigenvalue weighted by Crippen LogP contribution is -2.21. The first kappa shape index (κ1) is 19.4. The van der Waals surface area contributed by atoms with E-state index in [1.807, 2.05) is 30.3 Å². The van der Waals surface area contributed by atoms with Gasteiger partial charge in [-0.15, -0.1) is 10.2 Å². The van der Waals surface area contributed by atoms with E-state index in [1.54, 1.807) is 25.1 Å². The van der Waals surface area contributed by atoms with E-state index in [1.165, 1.54) is 0 Å². The molecule has 27 heavy (non-hydrogen) atoms. The molecule has 0 aliphatic rings. The molecule has 0 saturated heterocycles. The number of H-pyrrole nitrogens is 1. The van der Waals surface area contributed by atoms with Crippen molar-refractivity contribution in [1.82, 2.24) is 15.2 Å². The molecule has 0 aliphatic heterocycles. The average Bonchev–Trinajstić information content (AvgIpc) is 2.62. The topological polar surface area (TPSA) is 87.7 Å². The normalized spacial score (nSPS) is 11.8. The zero-order chi connectivity index (χ0) is 19.4. The van der Waals surface area contributed by atoms with Gasteiger partial charge in [-0.25, -0.2) is 0 Å². The van der Waals surface area contributed by atoms with Crippen LogP contribution in [0.5, 0.6) is 0 Å². The van der Waals surface area contributed by atoms with Crippen LogP contribution in [0, 0.1) is 6.92 Å². The van der Waals surface area contributed by atoms with E-state index in [9.17, 15) is 9.59 Å². The molecule has 1 aromatic heterocycles. The molecule has 3 aromatic rings. The smallest absolute Gasteiger partial charge is 0.273 e. The summed E-state index contributed by atoms with van der Waals surface area (Å²) in [4.78, 5) is 27.4. The van der Waals surface area contributed by atoms with Crippen LogP contribution in [-0.4, -0.2) is 21.1 Å². The molecule has 1 heterocycles. The molecule has 138 valence electrons. The number of hydrogen-bond donors (Lipinski definition) is 2. The second-order valence-corrected chi connectivity index (χ2v) is 7.57. The summed E-state index contributed by atoms with van der Waals surface area (Å²) in [6, 6.07) is 13.9. The summed E-state index contributed by atoms with van der Waals surface area (Å²) in [7, 11) is 0. The molecule has 0 radical (unpaired) electrons. The molecule has 0 fully saturated rings. The van der Waals surface area contributed by atoms with E-state index in [-0.39, 0.29) is 22.3 Å². The van der Waals surface area contributed by atoms with E-state index < -0.39 is 5.25 Å². The Bertz CT molecular complexity index is 1010. The van der Waals surface area contributed by atoms with Gasteiger partial charge in [0.1, 0.15) is 10.9 Å². The quantitative estimate of drug-likeness (QED) is 0.602. The Kier molecular flexibility index (Phi) is 6.15. The van der Waals surface area contributed by atoms with Crippen LogP contribution in [0.4, 0.5) is 5.69 Å². The van der Waals surface area contributed by atoms with Crippen molar-refractivity contribution >= 4 is 46.6 Å². The fourth-order valence-electron chi connectivity index (χ4n) is 2.28. The molecule has 0 aliphatic carbocycles. The first-order valence-corrected chi connectivity index (χ1v) is 9.48. The van der Waals surface area contributed by atoms with Gasteiger partial charge in [-0.2, -0.15) is 0 Å². The fraction of sp³-hybridized carbons (Fsp3) is 0.111. The number of benzene rings is 2. The van der Waals surface area contributed by atoms with Crippen molar-refractivity contribution in [2.75, 3.05) is 5.32 Å². The lowest BCUT2D eigenvalue weighted by atomic mass is 10.1. The predicted octanol–water partition coefficient (Wildman–Crippen LogP) is 4.25. The summed E-state index contributed by atoms with van der Waals surface area (Å²) < 4.78 is 0. The Hall–Kier alpha value is -2.35. The highest BCUT2D eigenvalue weighted by Gasteiger charge is 2.24. The summed E-state index contributed by atoms with van der Waals surface area (Å²) in [5.41, 5.74) is 1.13. The van der Waals surface area contributed by atoms with Crippen molar-refractivity contribution < 1.29 is 4.79 Å². The summed E-state index contributed by atoms with van der Waals surface area (Å²) in [5.74, 6) is -0.312. The maximum atomic E-state index is 12.9. The molecule has 1 atom stereocenters. The molecule has 3 rings (SSSR count). The zero-order valence-corrected chi connectivity index (χ0v) is 16.4. The Morgan fingerprint density at radius 3 is 2.41 bits per heavy atom. The Labute approximate surface area is 169 Å². The van der Waals surface area contributed by atoms with Gasteiger partial charge in [-0.3, -0.25) is 14.6 Å². The van der Waals surface area contributed by atoms with Crippen molar-refractivity contribution in [3.05, 3.63) is 80.2 Å². The van der Waals surface area contributed by atoms with Gasteiger partial charge >= 0.3 is 0 Å². The summed E-state index contributed by atoms with van der Waals surface area (Å²) in [6.07, 6.45) is 0. The highest BCUT2D eigenvalue weighted by atomic mass is 35.5. The molecule has 0 unspecified atom stereocenters. The van der Waals surface area contributed by atoms with Crippen LogP contribution in [0.1, 0.15) is 16.5 Å². The van der Waals surface area contributed by atoms with Crippen molar-refractivity contribution in [1.29, 1.82) is 0 Å². The lowest BCUT2D eigenvalue weighted by Gasteiger charge is -2.16. The standard InChI is InChI=1S/C18H14Cl2N4O2S/c1-10-16(25)22-18(24-23-10)27-15(11-5-3-2-4-6-11)17(26)21-14-8-12(19)7-13(20)9-14/h2-9,15H,1H3,(H,21,26)(H,22,24,25)/t15-/m1/s1. The summed E-state index contributed by atoms with van der Waals surface area (Å²) in [6.45, 7) is 1.56. The highest BCUT2D eigenvalue weighted by Crippen LogP contribution is 2.34. The monoisotopic (exact) mass is 420 g/mol. The number of nitrogens with one attached hydrogen (secondary N) is 2. The first-order valence-electron chi connectivity index (χ1n) is 7.84. The molecule has 2 aromatic carbocycles. The minimum absolute atomic E-state index is 0.249. The van der Waals surface area contributed by atoms with Gasteiger partial charge in [0.2, 0.25) is 5.91 Å². The summed E-state index contributed by atoms with van der Waals surface area (Å²) in [5, 5.41) is 11.0. The fourth-order valence-corrected chi connectivity index (χ4v) is 3.73. The van der Waals surface area contributed by atoms with Crippen LogP contribution in [0.2, 0.25) is 10.0 Å². The third-order valence-electron chi connectivity index (χ3n) is 3.54. The van der Waals surface area contributed by atoms with Gasteiger partial charge in [0.25, 0.3) is 5.56 Å². The summed E-state index contributed by atoms with van der Waals surface area (Å²) >= 11 is 13.1. The Morgan fingerprint density at radius 1 is 1.11 bits per heavy atom. The number of aromatic nitrogens is 3. The van der Waals surface area contributed by atoms with Crippen LogP contribution in [0.25, 0.3) is 0 Å². The highest BCUT2D eigenvalue weighted by molar-refractivity contribution is 8.00. The number of carbonyl (C=O) groups is 1. The largest absolute Gasteiger partial charge is 0.325 e. The van der Waals surface area contributed by atoms with Crippen LogP contribution in [0.3, 0.4) is 0 Å². The van der Waals surface area contributed by atoms with Crippen LogP contribution in [-0.2, 0) is 4.79 Å². The molecule has 6 nitrogen and oxygen atoms in total. The molecule has 9 heteroatoms. The van der Waals surface area contributed by atoms with Gasteiger partial charge in [0.15, 0.2) is 5.16 Å². The third-order valence-corrected chi connectivity index (χ3v) is 5.11. The SMILES string of the molecule is Cc1nnc(S[C@@H](C(=O)Nc2cc(Cl)cc(Cl)c2)c2ccccc2)[nH]c1=O. The number of anilines is 1. The van der Waals surface area contributed by atoms with E-state index in [0.717, 1.165) is 17.3 Å². The molecule has 0 bridgehead atoms. The number of hydrogen-bond acceptors (Lipinski definition) is 5. The molecule has 2 N–H and O–H groups in total. The molecule has 1 amide bonds. The zero-order valence-electron chi connectivity index (χ0n) is 14.1. The van der Waals surface area contributed by atoms with E-state index in [4.69, 9.17) is 23.2 Å². The number of aromatic amines is 1. The molecule has 0 saturated carbocycles.